The van der Waals surface area contributed by atoms with Crippen molar-refractivity contribution in [3.8, 4) is 0 Å². The van der Waals surface area contributed by atoms with Gasteiger partial charge in [-0.3, -0.25) is 9.69 Å². The normalized spacial score (nSPS) is 22.2. The van der Waals surface area contributed by atoms with Gasteiger partial charge in [0.05, 0.1) is 13.2 Å². The Morgan fingerprint density at radius 2 is 2.37 bits per heavy atom. The summed E-state index contributed by atoms with van der Waals surface area (Å²) in [7, 11) is 0. The second-order valence-corrected chi connectivity index (χ2v) is 4.92. The zero-order valence-electron chi connectivity index (χ0n) is 10.5. The van der Waals surface area contributed by atoms with Gasteiger partial charge in [0.2, 0.25) is 0 Å². The molecule has 1 aromatic rings. The van der Waals surface area contributed by atoms with Crippen molar-refractivity contribution in [1.29, 1.82) is 0 Å². The van der Waals surface area contributed by atoms with Crippen molar-refractivity contribution in [2.75, 3.05) is 19.8 Å². The molecule has 104 valence electrons. The molecular formula is C13H15ClFNO3. The molecule has 4 nitrogen and oxygen atoms in total. The zero-order valence-corrected chi connectivity index (χ0v) is 11.2. The molecule has 1 aliphatic rings. The Balaban J connectivity index is 2.25. The molecule has 2 atom stereocenters. The Morgan fingerprint density at radius 3 is 3.00 bits per heavy atom. The summed E-state index contributed by atoms with van der Waals surface area (Å²) in [5.74, 6) is -1.33. The lowest BCUT2D eigenvalue weighted by atomic mass is 10.0. The van der Waals surface area contributed by atoms with Gasteiger partial charge >= 0.3 is 5.97 Å². The molecule has 2 rings (SSSR count). The predicted octanol–water partition coefficient (Wildman–Crippen LogP) is 2.33. The minimum atomic E-state index is -0.926. The molecule has 0 bridgehead atoms. The van der Waals surface area contributed by atoms with Crippen LogP contribution in [0.1, 0.15) is 18.5 Å². The van der Waals surface area contributed by atoms with Crippen LogP contribution in [-0.4, -0.2) is 41.8 Å². The average Bonchev–Trinajstić information content (AvgIpc) is 2.38. The number of ether oxygens (including phenoxy) is 1. The summed E-state index contributed by atoms with van der Waals surface area (Å²) >= 11 is 6.03. The molecule has 19 heavy (non-hydrogen) atoms. The topological polar surface area (TPSA) is 49.8 Å². The van der Waals surface area contributed by atoms with Gasteiger partial charge in [-0.25, -0.2) is 4.39 Å². The first-order valence-corrected chi connectivity index (χ1v) is 6.39. The van der Waals surface area contributed by atoms with E-state index in [0.717, 1.165) is 5.56 Å². The molecule has 1 N–H and O–H groups in total. The van der Waals surface area contributed by atoms with E-state index in [0.29, 0.717) is 18.2 Å². The summed E-state index contributed by atoms with van der Waals surface area (Å²) in [4.78, 5) is 13.0. The second kappa shape index (κ2) is 5.86. The van der Waals surface area contributed by atoms with E-state index in [1.807, 2.05) is 11.8 Å². The first-order valence-electron chi connectivity index (χ1n) is 6.02. The molecule has 0 saturated carbocycles. The number of carboxylic acids is 1. The average molecular weight is 288 g/mol. The van der Waals surface area contributed by atoms with E-state index in [4.69, 9.17) is 16.3 Å². The molecule has 1 heterocycles. The molecule has 6 heteroatoms. The molecular weight excluding hydrogens is 273 g/mol. The van der Waals surface area contributed by atoms with Crippen molar-refractivity contribution in [3.63, 3.8) is 0 Å². The van der Waals surface area contributed by atoms with Gasteiger partial charge in [-0.1, -0.05) is 17.7 Å². The highest BCUT2D eigenvalue weighted by atomic mass is 35.5. The Labute approximate surface area is 115 Å². The van der Waals surface area contributed by atoms with Gasteiger partial charge in [-0.2, -0.15) is 0 Å². The van der Waals surface area contributed by atoms with Gasteiger partial charge in [0.15, 0.2) is 0 Å². The lowest BCUT2D eigenvalue weighted by molar-refractivity contribution is -0.151. The van der Waals surface area contributed by atoms with Crippen LogP contribution in [0.2, 0.25) is 5.02 Å². The maximum atomic E-state index is 13.0. The van der Waals surface area contributed by atoms with Gasteiger partial charge in [-0.15, -0.1) is 0 Å². The number of halogens is 2. The fraction of sp³-hybridized carbons (Fsp3) is 0.462. The van der Waals surface area contributed by atoms with Crippen LogP contribution in [0.5, 0.6) is 0 Å². The lowest BCUT2D eigenvalue weighted by Gasteiger charge is -2.37. The van der Waals surface area contributed by atoms with Crippen LogP contribution in [0.25, 0.3) is 0 Å². The highest BCUT2D eigenvalue weighted by Crippen LogP contribution is 2.30. The van der Waals surface area contributed by atoms with Crippen molar-refractivity contribution < 1.29 is 19.0 Å². The number of carboxylic acid groups (broad SMARTS) is 1. The number of nitrogens with zero attached hydrogens (tertiary/aromatic N) is 1. The van der Waals surface area contributed by atoms with Crippen molar-refractivity contribution in [1.82, 2.24) is 4.90 Å². The van der Waals surface area contributed by atoms with Gasteiger partial charge in [0.25, 0.3) is 0 Å². The summed E-state index contributed by atoms with van der Waals surface area (Å²) in [6.07, 6.45) is 0. The number of carbonyl (C=O) groups is 1. The van der Waals surface area contributed by atoms with E-state index in [2.05, 4.69) is 0 Å². The molecule has 0 radical (unpaired) electrons. The van der Waals surface area contributed by atoms with Crippen LogP contribution in [-0.2, 0) is 9.53 Å². The van der Waals surface area contributed by atoms with Crippen LogP contribution in [0.15, 0.2) is 18.2 Å². The first kappa shape index (κ1) is 14.2. The maximum Gasteiger partial charge on any atom is 0.323 e. The number of hydrogen-bond donors (Lipinski definition) is 1. The summed E-state index contributed by atoms with van der Waals surface area (Å²) in [5.41, 5.74) is 0.719. The summed E-state index contributed by atoms with van der Waals surface area (Å²) in [6.45, 7) is 3.00. The Morgan fingerprint density at radius 1 is 1.63 bits per heavy atom. The van der Waals surface area contributed by atoms with Crippen molar-refractivity contribution in [2.45, 2.75) is 19.0 Å². The van der Waals surface area contributed by atoms with Gasteiger partial charge in [0, 0.05) is 17.6 Å². The van der Waals surface area contributed by atoms with E-state index in [1.54, 1.807) is 6.07 Å². The van der Waals surface area contributed by atoms with Gasteiger partial charge < -0.3 is 9.84 Å². The molecule has 1 aromatic carbocycles. The molecule has 0 aromatic heterocycles. The Hall–Kier alpha value is -1.17. The van der Waals surface area contributed by atoms with Crippen LogP contribution in [0.4, 0.5) is 4.39 Å². The number of hydrogen-bond acceptors (Lipinski definition) is 3. The van der Waals surface area contributed by atoms with Crippen LogP contribution < -0.4 is 0 Å². The Kier molecular flexibility index (Phi) is 4.39. The second-order valence-electron chi connectivity index (χ2n) is 4.51. The first-order chi connectivity index (χ1) is 9.00. The fourth-order valence-electron chi connectivity index (χ4n) is 2.31. The largest absolute Gasteiger partial charge is 0.480 e. The van der Waals surface area contributed by atoms with Crippen molar-refractivity contribution in [3.05, 3.63) is 34.6 Å². The highest BCUT2D eigenvalue weighted by molar-refractivity contribution is 6.31. The van der Waals surface area contributed by atoms with Crippen LogP contribution in [0.3, 0.4) is 0 Å². The van der Waals surface area contributed by atoms with Crippen LogP contribution >= 0.6 is 11.6 Å². The molecule has 1 saturated heterocycles. The molecule has 0 spiro atoms. The third kappa shape index (κ3) is 3.05. The van der Waals surface area contributed by atoms with Crippen molar-refractivity contribution >= 4 is 17.6 Å². The standard InChI is InChI=1S/C13H15ClFNO3/c1-8(10-3-2-9(15)6-11(10)14)16-4-5-19-7-12(16)13(17)18/h2-3,6,8,12H,4-5,7H2,1H3,(H,17,18). The molecule has 0 aliphatic carbocycles. The van der Waals surface area contributed by atoms with Crippen molar-refractivity contribution in [2.24, 2.45) is 0 Å². The summed E-state index contributed by atoms with van der Waals surface area (Å²) < 4.78 is 18.2. The monoisotopic (exact) mass is 287 g/mol. The number of aliphatic carboxylic acids is 1. The van der Waals surface area contributed by atoms with Gasteiger partial charge in [0.1, 0.15) is 11.9 Å². The van der Waals surface area contributed by atoms with E-state index in [-0.39, 0.29) is 12.6 Å². The maximum absolute atomic E-state index is 13.0. The zero-order chi connectivity index (χ0) is 14.0. The Bertz CT molecular complexity index is 483. The minimum Gasteiger partial charge on any atom is -0.480 e. The molecule has 0 amide bonds. The third-order valence-electron chi connectivity index (χ3n) is 3.36. The fourth-order valence-corrected chi connectivity index (χ4v) is 2.64. The number of rotatable bonds is 3. The predicted molar refractivity (Wildman–Crippen MR) is 68.8 cm³/mol. The molecule has 2 unspecified atom stereocenters. The minimum absolute atomic E-state index is 0.151. The number of benzene rings is 1. The lowest BCUT2D eigenvalue weighted by Crippen LogP contribution is -2.50. The van der Waals surface area contributed by atoms with E-state index in [9.17, 15) is 14.3 Å². The molecule has 1 aliphatic heterocycles. The molecule has 1 fully saturated rings. The van der Waals surface area contributed by atoms with Gasteiger partial charge in [-0.05, 0) is 24.6 Å². The summed E-state index contributed by atoms with van der Waals surface area (Å²) in [5, 5.41) is 9.51. The van der Waals surface area contributed by atoms with E-state index in [1.165, 1.54) is 12.1 Å². The van der Waals surface area contributed by atoms with E-state index >= 15 is 0 Å². The highest BCUT2D eigenvalue weighted by Gasteiger charge is 2.33. The SMILES string of the molecule is CC(c1ccc(F)cc1Cl)N1CCOCC1C(=O)O. The summed E-state index contributed by atoms with van der Waals surface area (Å²) in [6, 6.07) is 3.25. The number of morpholine rings is 1. The smallest absolute Gasteiger partial charge is 0.323 e. The van der Waals surface area contributed by atoms with E-state index < -0.39 is 17.8 Å². The third-order valence-corrected chi connectivity index (χ3v) is 3.69. The quantitative estimate of drug-likeness (QED) is 0.927. The van der Waals surface area contributed by atoms with Crippen LogP contribution in [0, 0.1) is 5.82 Å².